The van der Waals surface area contributed by atoms with Crippen LogP contribution in [-0.2, 0) is 25.4 Å². The Labute approximate surface area is 184 Å². The molecule has 0 unspecified atom stereocenters. The van der Waals surface area contributed by atoms with Gasteiger partial charge in [-0.2, -0.15) is 0 Å². The average Bonchev–Trinajstić information content (AvgIpc) is 2.79. The van der Waals surface area contributed by atoms with Crippen molar-refractivity contribution in [2.24, 2.45) is 0 Å². The van der Waals surface area contributed by atoms with Gasteiger partial charge in [-0.1, -0.05) is 36.4 Å². The number of aromatic hydroxyl groups is 2. The fourth-order valence-corrected chi connectivity index (χ4v) is 3.15. The van der Waals surface area contributed by atoms with E-state index in [0.29, 0.717) is 12.0 Å². The van der Waals surface area contributed by atoms with Crippen molar-refractivity contribution in [2.75, 3.05) is 13.2 Å². The first kappa shape index (κ1) is 23.7. The third-order valence-electron chi connectivity index (χ3n) is 4.99. The Hall–Kier alpha value is -2.95. The molecule has 9 heteroatoms. The van der Waals surface area contributed by atoms with Crippen LogP contribution in [0.1, 0.15) is 11.1 Å². The molecule has 0 amide bonds. The fourth-order valence-electron chi connectivity index (χ4n) is 3.15. The van der Waals surface area contributed by atoms with Gasteiger partial charge in [0, 0.05) is 6.08 Å². The molecule has 1 aliphatic rings. The Kier molecular flexibility index (Phi) is 8.20. The van der Waals surface area contributed by atoms with E-state index in [1.807, 2.05) is 30.3 Å². The number of ether oxygens (including phenoxy) is 3. The first-order chi connectivity index (χ1) is 15.3. The normalized spacial score (nSPS) is 25.7. The molecule has 0 aromatic heterocycles. The van der Waals surface area contributed by atoms with Crippen LogP contribution < -0.4 is 0 Å². The predicted molar refractivity (Wildman–Crippen MR) is 113 cm³/mol. The predicted octanol–water partition coefficient (Wildman–Crippen LogP) is 0.721. The number of aliphatic hydroxyl groups is 3. The molecule has 3 rings (SSSR count). The number of hydrogen-bond donors (Lipinski definition) is 5. The molecule has 5 atom stereocenters. The number of carbonyl (C=O) groups excluding carboxylic acids is 1. The number of esters is 1. The molecule has 1 saturated heterocycles. The van der Waals surface area contributed by atoms with Gasteiger partial charge in [-0.15, -0.1) is 0 Å². The molecule has 0 spiro atoms. The zero-order valence-electron chi connectivity index (χ0n) is 17.2. The lowest BCUT2D eigenvalue weighted by Crippen LogP contribution is -2.59. The minimum absolute atomic E-state index is 0.212. The second-order valence-corrected chi connectivity index (χ2v) is 7.33. The lowest BCUT2D eigenvalue weighted by molar-refractivity contribution is -0.301. The Morgan fingerprint density at radius 2 is 1.72 bits per heavy atom. The van der Waals surface area contributed by atoms with E-state index in [-0.39, 0.29) is 24.7 Å². The van der Waals surface area contributed by atoms with Crippen LogP contribution >= 0.6 is 0 Å². The lowest BCUT2D eigenvalue weighted by atomic mass is 9.99. The number of rotatable bonds is 8. The fraction of sp³-hybridized carbons (Fsp3) is 0.348. The van der Waals surface area contributed by atoms with Crippen molar-refractivity contribution >= 4 is 12.0 Å². The minimum atomic E-state index is -1.54. The summed E-state index contributed by atoms with van der Waals surface area (Å²) in [4.78, 5) is 12.0. The van der Waals surface area contributed by atoms with Crippen molar-refractivity contribution in [3.63, 3.8) is 0 Å². The van der Waals surface area contributed by atoms with Gasteiger partial charge in [0.25, 0.3) is 0 Å². The molecule has 5 N–H and O–H groups in total. The maximum Gasteiger partial charge on any atom is 0.330 e. The molecule has 2 aromatic carbocycles. The molecule has 1 fully saturated rings. The Balaban J connectivity index is 1.51. The molecule has 1 aliphatic heterocycles. The van der Waals surface area contributed by atoms with Gasteiger partial charge in [0.05, 0.1) is 6.61 Å². The highest BCUT2D eigenvalue weighted by molar-refractivity contribution is 5.87. The quantitative estimate of drug-likeness (QED) is 0.225. The number of aliphatic hydroxyl groups excluding tert-OH is 3. The molecule has 9 nitrogen and oxygen atoms in total. The van der Waals surface area contributed by atoms with Crippen molar-refractivity contribution in [1.82, 2.24) is 0 Å². The Bertz CT molecular complexity index is 915. The molecular weight excluding hydrogens is 420 g/mol. The van der Waals surface area contributed by atoms with Crippen LogP contribution in [0.3, 0.4) is 0 Å². The maximum atomic E-state index is 12.0. The SMILES string of the molecule is O=C(/C=C/c1ccc(O)c(O)c1)OC[C@H]1O[C@@H](OCCc2ccccc2)[C@H](O)[C@@H](O)[C@@H]1O. The molecule has 0 bridgehead atoms. The summed E-state index contributed by atoms with van der Waals surface area (Å²) in [6.45, 7) is -0.170. The largest absolute Gasteiger partial charge is 0.504 e. The summed E-state index contributed by atoms with van der Waals surface area (Å²) in [5.74, 6) is -1.37. The topological polar surface area (TPSA) is 146 Å². The summed E-state index contributed by atoms with van der Waals surface area (Å²) >= 11 is 0. The zero-order valence-corrected chi connectivity index (χ0v) is 17.2. The molecular formula is C23H26O9. The van der Waals surface area contributed by atoms with Crippen LogP contribution in [0.15, 0.2) is 54.6 Å². The molecule has 172 valence electrons. The molecule has 0 radical (unpaired) electrons. The zero-order chi connectivity index (χ0) is 23.1. The van der Waals surface area contributed by atoms with E-state index in [1.165, 1.54) is 24.3 Å². The van der Waals surface area contributed by atoms with E-state index in [2.05, 4.69) is 0 Å². The van der Waals surface area contributed by atoms with Crippen molar-refractivity contribution in [3.05, 3.63) is 65.7 Å². The Morgan fingerprint density at radius 3 is 2.44 bits per heavy atom. The molecule has 32 heavy (non-hydrogen) atoms. The van der Waals surface area contributed by atoms with Gasteiger partial charge in [-0.3, -0.25) is 0 Å². The number of phenols is 2. The van der Waals surface area contributed by atoms with Crippen LogP contribution in [0.2, 0.25) is 0 Å². The summed E-state index contributed by atoms with van der Waals surface area (Å²) in [6.07, 6.45) is -3.76. The van der Waals surface area contributed by atoms with E-state index in [4.69, 9.17) is 14.2 Å². The highest BCUT2D eigenvalue weighted by Gasteiger charge is 2.44. The summed E-state index contributed by atoms with van der Waals surface area (Å²) in [7, 11) is 0. The second kappa shape index (κ2) is 11.1. The smallest absolute Gasteiger partial charge is 0.330 e. The van der Waals surface area contributed by atoms with Gasteiger partial charge in [0.1, 0.15) is 31.0 Å². The van der Waals surface area contributed by atoms with E-state index < -0.39 is 36.7 Å². The van der Waals surface area contributed by atoms with Gasteiger partial charge in [0.2, 0.25) is 0 Å². The van der Waals surface area contributed by atoms with Gasteiger partial charge < -0.3 is 39.7 Å². The summed E-state index contributed by atoms with van der Waals surface area (Å²) < 4.78 is 16.1. The second-order valence-electron chi connectivity index (χ2n) is 7.33. The third-order valence-corrected chi connectivity index (χ3v) is 4.99. The maximum absolute atomic E-state index is 12.0. The third kappa shape index (κ3) is 6.28. The first-order valence-electron chi connectivity index (χ1n) is 10.1. The molecule has 2 aromatic rings. The Morgan fingerprint density at radius 1 is 0.969 bits per heavy atom. The van der Waals surface area contributed by atoms with Crippen LogP contribution in [0, 0.1) is 0 Å². The van der Waals surface area contributed by atoms with Crippen LogP contribution in [0.25, 0.3) is 6.08 Å². The molecule has 0 saturated carbocycles. The average molecular weight is 446 g/mol. The van der Waals surface area contributed by atoms with Gasteiger partial charge in [0.15, 0.2) is 17.8 Å². The minimum Gasteiger partial charge on any atom is -0.504 e. The summed E-state index contributed by atoms with van der Waals surface area (Å²) in [5.41, 5.74) is 1.48. The van der Waals surface area contributed by atoms with E-state index in [9.17, 15) is 30.3 Å². The van der Waals surface area contributed by atoms with Crippen molar-refractivity contribution in [3.8, 4) is 11.5 Å². The lowest BCUT2D eigenvalue weighted by Gasteiger charge is -2.39. The number of phenolic OH excluding ortho intramolecular Hbond substituents is 2. The molecule has 0 aliphatic carbocycles. The van der Waals surface area contributed by atoms with Crippen LogP contribution in [-0.4, -0.2) is 75.4 Å². The number of hydrogen-bond acceptors (Lipinski definition) is 9. The highest BCUT2D eigenvalue weighted by atomic mass is 16.7. The van der Waals surface area contributed by atoms with Gasteiger partial charge >= 0.3 is 5.97 Å². The van der Waals surface area contributed by atoms with Crippen molar-refractivity contribution in [1.29, 1.82) is 0 Å². The van der Waals surface area contributed by atoms with E-state index in [0.717, 1.165) is 11.6 Å². The summed E-state index contributed by atoms with van der Waals surface area (Å²) in [5, 5.41) is 49.2. The standard InChI is InChI=1S/C23H26O9/c24-16-8-6-15(12-17(16)25)7-9-19(26)31-13-18-20(27)21(28)22(29)23(32-18)30-11-10-14-4-2-1-3-5-14/h1-9,12,18,20-25,27-29H,10-11,13H2/b9-7+/t18-,20-,21+,22-,23-/m1/s1. The van der Waals surface area contributed by atoms with Gasteiger partial charge in [-0.05, 0) is 35.8 Å². The highest BCUT2D eigenvalue weighted by Crippen LogP contribution is 2.25. The van der Waals surface area contributed by atoms with Crippen LogP contribution in [0.4, 0.5) is 0 Å². The number of carbonyl (C=O) groups is 1. The number of benzene rings is 2. The van der Waals surface area contributed by atoms with Crippen molar-refractivity contribution in [2.45, 2.75) is 37.1 Å². The van der Waals surface area contributed by atoms with E-state index in [1.54, 1.807) is 0 Å². The van der Waals surface area contributed by atoms with Crippen LogP contribution in [0.5, 0.6) is 11.5 Å². The van der Waals surface area contributed by atoms with Gasteiger partial charge in [-0.25, -0.2) is 4.79 Å². The first-order valence-corrected chi connectivity index (χ1v) is 10.1. The molecule has 1 heterocycles. The monoisotopic (exact) mass is 446 g/mol. The van der Waals surface area contributed by atoms with Crippen molar-refractivity contribution < 1.29 is 44.5 Å². The van der Waals surface area contributed by atoms with E-state index >= 15 is 0 Å². The summed E-state index contributed by atoms with van der Waals surface area (Å²) in [6, 6.07) is 13.6.